The molecule has 0 atom stereocenters. The fourth-order valence-electron chi connectivity index (χ4n) is 2.87. The lowest BCUT2D eigenvalue weighted by molar-refractivity contribution is -0.121. The van der Waals surface area contributed by atoms with E-state index in [9.17, 15) is 18.8 Å². The lowest BCUT2D eigenvalue weighted by Gasteiger charge is -2.24. The van der Waals surface area contributed by atoms with Gasteiger partial charge in [-0.05, 0) is 17.7 Å². The van der Waals surface area contributed by atoms with Gasteiger partial charge < -0.3 is 14.2 Å². The van der Waals surface area contributed by atoms with Gasteiger partial charge in [-0.2, -0.15) is 0 Å². The largest absolute Gasteiger partial charge is 0.493 e. The molecule has 0 unspecified atom stereocenters. The number of hydrogen-bond acceptors (Lipinski definition) is 4. The van der Waals surface area contributed by atoms with Crippen molar-refractivity contribution in [3.8, 4) is 5.75 Å². The topological polar surface area (TPSA) is 92.7 Å². The number of fused-ring (bicyclic) bond motifs is 1. The van der Waals surface area contributed by atoms with E-state index in [1.807, 2.05) is 0 Å². The predicted octanol–water partition coefficient (Wildman–Crippen LogP) is 0.725. The third-order valence-electron chi connectivity index (χ3n) is 4.30. The Morgan fingerprint density at radius 2 is 1.89 bits per heavy atom. The van der Waals surface area contributed by atoms with Crippen LogP contribution >= 0.6 is 0 Å². The highest BCUT2D eigenvalue weighted by Crippen LogP contribution is 2.29. The zero-order valence-electron chi connectivity index (χ0n) is 14.9. The molecule has 142 valence electrons. The number of amides is 3. The fourth-order valence-corrected chi connectivity index (χ4v) is 2.87. The molecule has 27 heavy (non-hydrogen) atoms. The first-order chi connectivity index (χ1) is 12.9. The Balaban J connectivity index is 1.68. The van der Waals surface area contributed by atoms with E-state index in [-0.39, 0.29) is 23.6 Å². The first kappa shape index (κ1) is 18.4. The Hall–Kier alpha value is -3.36. The molecular formula is C18H19FN4O4. The molecule has 1 aliphatic rings. The van der Waals surface area contributed by atoms with E-state index >= 15 is 0 Å². The van der Waals surface area contributed by atoms with Crippen LogP contribution in [0.2, 0.25) is 0 Å². The van der Waals surface area contributed by atoms with Crippen LogP contribution in [-0.2, 0) is 17.8 Å². The van der Waals surface area contributed by atoms with Crippen LogP contribution in [0.15, 0.2) is 30.5 Å². The molecule has 0 radical (unpaired) electrons. The van der Waals surface area contributed by atoms with Crippen LogP contribution in [0.5, 0.6) is 5.75 Å². The molecule has 8 nitrogen and oxygen atoms in total. The second-order valence-corrected chi connectivity index (χ2v) is 6.15. The molecule has 9 heteroatoms. The summed E-state index contributed by atoms with van der Waals surface area (Å²) >= 11 is 0. The minimum atomic E-state index is -0.600. The third kappa shape index (κ3) is 3.76. The number of hydrogen-bond donors (Lipinski definition) is 2. The molecule has 0 spiro atoms. The highest BCUT2D eigenvalue weighted by Gasteiger charge is 2.31. The van der Waals surface area contributed by atoms with Gasteiger partial charge in [-0.3, -0.25) is 25.2 Å². The number of nitrogens with zero attached hydrogens (tertiary/aromatic N) is 2. The van der Waals surface area contributed by atoms with Crippen molar-refractivity contribution in [1.82, 2.24) is 20.3 Å². The normalized spacial score (nSPS) is 13.1. The van der Waals surface area contributed by atoms with Gasteiger partial charge in [0.25, 0.3) is 11.8 Å². The van der Waals surface area contributed by atoms with Gasteiger partial charge in [0, 0.05) is 26.3 Å². The van der Waals surface area contributed by atoms with E-state index in [4.69, 9.17) is 4.74 Å². The fraction of sp³-hybridized carbons (Fsp3) is 0.278. The SMILES string of the molecule is COc1c(C(=O)NNC(=O)Cc2ccc(F)cc2)cn2c1C(=O)N(C)CC2. The number of halogens is 1. The number of hydrazine groups is 1. The van der Waals surface area contributed by atoms with Crippen molar-refractivity contribution in [1.29, 1.82) is 0 Å². The Labute approximate surface area is 154 Å². The molecule has 3 rings (SSSR count). The van der Waals surface area contributed by atoms with Crippen molar-refractivity contribution in [2.24, 2.45) is 0 Å². The summed E-state index contributed by atoms with van der Waals surface area (Å²) in [5.41, 5.74) is 5.67. The minimum Gasteiger partial charge on any atom is -0.493 e. The van der Waals surface area contributed by atoms with Crippen LogP contribution in [0.1, 0.15) is 26.4 Å². The van der Waals surface area contributed by atoms with Crippen LogP contribution in [-0.4, -0.2) is 47.9 Å². The summed E-state index contributed by atoms with van der Waals surface area (Å²) in [4.78, 5) is 38.3. The molecule has 2 N–H and O–H groups in total. The predicted molar refractivity (Wildman–Crippen MR) is 93.7 cm³/mol. The molecule has 1 aromatic carbocycles. The van der Waals surface area contributed by atoms with Crippen LogP contribution in [0.25, 0.3) is 0 Å². The molecule has 0 saturated heterocycles. The average molecular weight is 374 g/mol. The lowest BCUT2D eigenvalue weighted by Crippen LogP contribution is -2.42. The number of nitrogens with one attached hydrogen (secondary N) is 2. The molecule has 2 heterocycles. The summed E-state index contributed by atoms with van der Waals surface area (Å²) in [6, 6.07) is 5.49. The lowest BCUT2D eigenvalue weighted by atomic mass is 10.1. The number of methoxy groups -OCH3 is 1. The van der Waals surface area contributed by atoms with E-state index in [1.165, 1.54) is 37.6 Å². The number of benzene rings is 1. The van der Waals surface area contributed by atoms with E-state index in [0.717, 1.165) is 0 Å². The number of rotatable bonds is 4. The molecule has 1 aliphatic heterocycles. The monoisotopic (exact) mass is 374 g/mol. The van der Waals surface area contributed by atoms with Gasteiger partial charge in [0.05, 0.1) is 13.5 Å². The summed E-state index contributed by atoms with van der Waals surface area (Å²) in [6.07, 6.45) is 1.51. The summed E-state index contributed by atoms with van der Waals surface area (Å²) in [5, 5.41) is 0. The first-order valence-electron chi connectivity index (χ1n) is 8.27. The number of aromatic nitrogens is 1. The van der Waals surface area contributed by atoms with E-state index in [2.05, 4.69) is 10.9 Å². The standard InChI is InChI=1S/C18H19FN4O4/c1-22-7-8-23-10-13(16(27-2)15(23)18(22)26)17(25)21-20-14(24)9-11-3-5-12(19)6-4-11/h3-6,10H,7-9H2,1-2H3,(H,20,24)(H,21,25). The van der Waals surface area contributed by atoms with Crippen molar-refractivity contribution in [2.75, 3.05) is 20.7 Å². The van der Waals surface area contributed by atoms with Gasteiger partial charge >= 0.3 is 0 Å². The van der Waals surface area contributed by atoms with Gasteiger partial charge in [0.2, 0.25) is 5.91 Å². The highest BCUT2D eigenvalue weighted by atomic mass is 19.1. The van der Waals surface area contributed by atoms with Gasteiger partial charge in [-0.15, -0.1) is 0 Å². The Bertz CT molecular complexity index is 892. The van der Waals surface area contributed by atoms with E-state index in [1.54, 1.807) is 16.5 Å². The highest BCUT2D eigenvalue weighted by molar-refractivity contribution is 6.04. The molecule has 0 aliphatic carbocycles. The smallest absolute Gasteiger partial charge is 0.275 e. The number of carbonyl (C=O) groups excluding carboxylic acids is 3. The third-order valence-corrected chi connectivity index (χ3v) is 4.30. The molecule has 0 bridgehead atoms. The van der Waals surface area contributed by atoms with Gasteiger partial charge in [-0.25, -0.2) is 4.39 Å². The summed E-state index contributed by atoms with van der Waals surface area (Å²) < 4.78 is 19.8. The maximum absolute atomic E-state index is 12.9. The Morgan fingerprint density at radius 3 is 2.56 bits per heavy atom. The molecule has 3 amide bonds. The molecular weight excluding hydrogens is 355 g/mol. The second-order valence-electron chi connectivity index (χ2n) is 6.15. The van der Waals surface area contributed by atoms with Crippen molar-refractivity contribution in [3.05, 3.63) is 53.1 Å². The van der Waals surface area contributed by atoms with Crippen LogP contribution in [0.4, 0.5) is 4.39 Å². The molecule has 0 saturated carbocycles. The zero-order valence-corrected chi connectivity index (χ0v) is 14.9. The van der Waals surface area contributed by atoms with Crippen LogP contribution in [0, 0.1) is 5.82 Å². The van der Waals surface area contributed by atoms with Crippen molar-refractivity contribution < 1.29 is 23.5 Å². The van der Waals surface area contributed by atoms with Gasteiger partial charge in [0.15, 0.2) is 11.4 Å². The second kappa shape index (κ2) is 7.48. The average Bonchev–Trinajstić information content (AvgIpc) is 3.04. The Kier molecular flexibility index (Phi) is 5.11. The van der Waals surface area contributed by atoms with Crippen molar-refractivity contribution in [2.45, 2.75) is 13.0 Å². The van der Waals surface area contributed by atoms with Crippen molar-refractivity contribution >= 4 is 17.7 Å². The zero-order chi connectivity index (χ0) is 19.6. The number of ether oxygens (including phenoxy) is 1. The first-order valence-corrected chi connectivity index (χ1v) is 8.27. The van der Waals surface area contributed by atoms with E-state index < -0.39 is 17.6 Å². The van der Waals surface area contributed by atoms with Gasteiger partial charge in [0.1, 0.15) is 11.4 Å². The molecule has 2 aromatic rings. The molecule has 0 fully saturated rings. The molecule has 1 aromatic heterocycles. The summed E-state index contributed by atoms with van der Waals surface area (Å²) in [7, 11) is 3.05. The summed E-state index contributed by atoms with van der Waals surface area (Å²) in [6.45, 7) is 1.07. The number of likely N-dealkylation sites (N-methyl/N-ethyl adjacent to an activating group) is 1. The number of carbonyl (C=O) groups is 3. The minimum absolute atomic E-state index is 0.0206. The summed E-state index contributed by atoms with van der Waals surface area (Å²) in [5.74, 6) is -1.53. The maximum atomic E-state index is 12.9. The van der Waals surface area contributed by atoms with Gasteiger partial charge in [-0.1, -0.05) is 12.1 Å². The van der Waals surface area contributed by atoms with E-state index in [0.29, 0.717) is 24.3 Å². The van der Waals surface area contributed by atoms with Crippen LogP contribution < -0.4 is 15.6 Å². The maximum Gasteiger partial charge on any atom is 0.275 e. The Morgan fingerprint density at radius 1 is 1.19 bits per heavy atom. The van der Waals surface area contributed by atoms with Crippen LogP contribution in [0.3, 0.4) is 0 Å². The van der Waals surface area contributed by atoms with Crippen molar-refractivity contribution in [3.63, 3.8) is 0 Å². The quantitative estimate of drug-likeness (QED) is 0.772.